The summed E-state index contributed by atoms with van der Waals surface area (Å²) in [5.41, 5.74) is 1.54. The third-order valence-electron chi connectivity index (χ3n) is 4.83. The molecule has 33 heavy (non-hydrogen) atoms. The molecule has 3 rings (SSSR count). The Morgan fingerprint density at radius 1 is 1.21 bits per heavy atom. The zero-order valence-corrected chi connectivity index (χ0v) is 19.5. The Bertz CT molecular complexity index is 1180. The van der Waals surface area contributed by atoms with Gasteiger partial charge in [0.05, 0.1) is 10.6 Å². The number of likely N-dealkylation sites (N-methyl/N-ethyl adjacent to an activating group) is 1. The first-order chi connectivity index (χ1) is 15.7. The molecule has 0 saturated heterocycles. The fourth-order valence-corrected chi connectivity index (χ4v) is 5.46. The number of hydroxylamine groups is 1. The van der Waals surface area contributed by atoms with Crippen LogP contribution in [0.3, 0.4) is 0 Å². The topological polar surface area (TPSA) is 114 Å². The van der Waals surface area contributed by atoms with Gasteiger partial charge in [0.1, 0.15) is 29.2 Å². The molecule has 3 aromatic rings. The molecule has 1 heterocycles. The molecule has 9 nitrogen and oxygen atoms in total. The van der Waals surface area contributed by atoms with Crippen molar-refractivity contribution >= 4 is 27.7 Å². The van der Waals surface area contributed by atoms with Crippen LogP contribution >= 0.6 is 11.8 Å². The third kappa shape index (κ3) is 6.11. The molecule has 0 aliphatic carbocycles. The number of nitrogens with one attached hydrogen (secondary N) is 1. The lowest BCUT2D eigenvalue weighted by atomic mass is 10.3. The molecule has 176 valence electrons. The second-order valence-corrected chi connectivity index (χ2v) is 10.0. The normalized spacial score (nSPS) is 12.5. The van der Waals surface area contributed by atoms with Crippen LogP contribution in [0.5, 0.6) is 11.5 Å². The van der Waals surface area contributed by atoms with Crippen molar-refractivity contribution in [3.05, 3.63) is 72.6 Å². The summed E-state index contributed by atoms with van der Waals surface area (Å²) in [6.07, 6.45) is 3.43. The van der Waals surface area contributed by atoms with E-state index in [-0.39, 0.29) is 10.6 Å². The molecule has 1 amide bonds. The number of sulfonamides is 1. The van der Waals surface area contributed by atoms with Crippen molar-refractivity contribution in [2.45, 2.75) is 16.7 Å². The summed E-state index contributed by atoms with van der Waals surface area (Å²) in [4.78, 5) is 16.4. The summed E-state index contributed by atoms with van der Waals surface area (Å²) in [5, 5.41) is 9.12. The minimum atomic E-state index is -4.06. The molecule has 0 aliphatic heterocycles. The zero-order chi connectivity index (χ0) is 24.0. The van der Waals surface area contributed by atoms with Crippen molar-refractivity contribution in [3.8, 4) is 11.5 Å². The van der Waals surface area contributed by atoms with Gasteiger partial charge in [0.25, 0.3) is 5.91 Å². The van der Waals surface area contributed by atoms with Crippen LogP contribution in [0.4, 0.5) is 4.39 Å². The summed E-state index contributed by atoms with van der Waals surface area (Å²) in [6.45, 7) is 0. The molecular weight excluding hydrogens is 471 g/mol. The van der Waals surface area contributed by atoms with E-state index in [2.05, 4.69) is 4.98 Å². The van der Waals surface area contributed by atoms with Gasteiger partial charge in [-0.25, -0.2) is 23.3 Å². The minimum absolute atomic E-state index is 0.0544. The van der Waals surface area contributed by atoms with E-state index >= 15 is 0 Å². The highest BCUT2D eigenvalue weighted by Crippen LogP contribution is 2.25. The van der Waals surface area contributed by atoms with E-state index in [9.17, 15) is 17.6 Å². The molecule has 0 spiro atoms. The number of aryl methyl sites for hydroxylation is 1. The number of amides is 1. The van der Waals surface area contributed by atoms with Crippen LogP contribution < -0.4 is 10.2 Å². The summed E-state index contributed by atoms with van der Waals surface area (Å²) in [5.74, 6) is 0.844. The first-order valence-electron chi connectivity index (χ1n) is 9.72. The maximum absolute atomic E-state index is 13.1. The van der Waals surface area contributed by atoms with Gasteiger partial charge in [-0.05, 0) is 48.5 Å². The SMILES string of the molecule is CN(C(CSCc1nccn1C)C(=O)NO)S(=O)(=O)c1ccc(Oc2ccc(F)cc2)cc1. The van der Waals surface area contributed by atoms with E-state index in [4.69, 9.17) is 9.94 Å². The van der Waals surface area contributed by atoms with Gasteiger partial charge in [0.2, 0.25) is 10.0 Å². The van der Waals surface area contributed by atoms with Gasteiger partial charge < -0.3 is 9.30 Å². The van der Waals surface area contributed by atoms with E-state index < -0.39 is 27.8 Å². The molecule has 0 bridgehead atoms. The van der Waals surface area contributed by atoms with Crippen molar-refractivity contribution in [3.63, 3.8) is 0 Å². The number of ether oxygens (including phenoxy) is 1. The zero-order valence-electron chi connectivity index (χ0n) is 17.9. The van der Waals surface area contributed by atoms with Gasteiger partial charge in [-0.2, -0.15) is 16.1 Å². The largest absolute Gasteiger partial charge is 0.457 e. The fourth-order valence-electron chi connectivity index (χ4n) is 2.87. The van der Waals surface area contributed by atoms with Gasteiger partial charge in [-0.1, -0.05) is 0 Å². The summed E-state index contributed by atoms with van der Waals surface area (Å²) in [7, 11) is -0.947. The molecule has 0 aliphatic rings. The number of carbonyl (C=O) groups is 1. The van der Waals surface area contributed by atoms with E-state index in [1.165, 1.54) is 72.8 Å². The highest BCUT2D eigenvalue weighted by atomic mass is 32.2. The molecule has 2 aromatic carbocycles. The average molecular weight is 495 g/mol. The number of carbonyl (C=O) groups excluding carboxylic acids is 1. The molecule has 1 atom stereocenters. The van der Waals surface area contributed by atoms with Gasteiger partial charge in [-0.3, -0.25) is 10.0 Å². The highest BCUT2D eigenvalue weighted by molar-refractivity contribution is 7.98. The predicted molar refractivity (Wildman–Crippen MR) is 121 cm³/mol. The monoisotopic (exact) mass is 494 g/mol. The van der Waals surface area contributed by atoms with Crippen LogP contribution in [-0.4, -0.2) is 52.2 Å². The fraction of sp³-hybridized carbons (Fsp3) is 0.238. The average Bonchev–Trinajstić information content (AvgIpc) is 3.22. The maximum atomic E-state index is 13.1. The molecule has 0 radical (unpaired) electrons. The van der Waals surface area contributed by atoms with Crippen LogP contribution in [0.15, 0.2) is 65.8 Å². The van der Waals surface area contributed by atoms with Crippen LogP contribution in [0, 0.1) is 5.82 Å². The highest BCUT2D eigenvalue weighted by Gasteiger charge is 2.33. The van der Waals surface area contributed by atoms with Crippen LogP contribution in [0.2, 0.25) is 0 Å². The summed E-state index contributed by atoms with van der Waals surface area (Å²) < 4.78 is 47.5. The van der Waals surface area contributed by atoms with Gasteiger partial charge in [-0.15, -0.1) is 0 Å². The number of benzene rings is 2. The number of halogens is 1. The first kappa shape index (κ1) is 24.7. The van der Waals surface area contributed by atoms with Crippen molar-refractivity contribution in [1.29, 1.82) is 0 Å². The van der Waals surface area contributed by atoms with E-state index in [1.54, 1.807) is 12.4 Å². The number of imidazole rings is 1. The second-order valence-electron chi connectivity index (χ2n) is 7.01. The summed E-state index contributed by atoms with van der Waals surface area (Å²) >= 11 is 1.31. The number of thioether (sulfide) groups is 1. The molecular formula is C21H23FN4O5S2. The Morgan fingerprint density at radius 2 is 1.82 bits per heavy atom. The number of hydrogen-bond donors (Lipinski definition) is 2. The molecule has 1 aromatic heterocycles. The second kappa shape index (κ2) is 10.8. The first-order valence-corrected chi connectivity index (χ1v) is 12.3. The predicted octanol–water partition coefficient (Wildman–Crippen LogP) is 2.78. The van der Waals surface area contributed by atoms with Crippen LogP contribution in [0.25, 0.3) is 0 Å². The van der Waals surface area contributed by atoms with E-state index in [0.717, 1.165) is 10.1 Å². The Morgan fingerprint density at radius 3 is 2.36 bits per heavy atom. The van der Waals surface area contributed by atoms with E-state index in [0.29, 0.717) is 17.3 Å². The number of hydrogen-bond acceptors (Lipinski definition) is 7. The van der Waals surface area contributed by atoms with Gasteiger partial charge in [0, 0.05) is 32.2 Å². The number of rotatable bonds is 10. The Balaban J connectivity index is 1.71. The quantitative estimate of drug-likeness (QED) is 0.329. The maximum Gasteiger partial charge on any atom is 0.262 e. The Hall–Kier alpha value is -2.93. The molecule has 2 N–H and O–H groups in total. The molecule has 0 saturated carbocycles. The standard InChI is InChI=1S/C21H23FN4O5S2/c1-25-12-11-23-20(25)14-32-13-19(21(27)24-28)26(2)33(29,30)18-9-7-17(8-10-18)31-16-5-3-15(22)4-6-16/h3-12,19,28H,13-14H2,1-2H3,(H,24,27). The van der Waals surface area contributed by atoms with Crippen molar-refractivity contribution < 1.29 is 27.5 Å². The third-order valence-corrected chi connectivity index (χ3v) is 7.72. The van der Waals surface area contributed by atoms with Crippen LogP contribution in [-0.2, 0) is 27.6 Å². The lowest BCUT2D eigenvalue weighted by Crippen LogP contribution is -2.48. The van der Waals surface area contributed by atoms with Crippen molar-refractivity contribution in [2.24, 2.45) is 7.05 Å². The summed E-state index contributed by atoms with van der Waals surface area (Å²) in [6, 6.07) is 9.87. The van der Waals surface area contributed by atoms with Gasteiger partial charge in [0.15, 0.2) is 0 Å². The number of aromatic nitrogens is 2. The van der Waals surface area contributed by atoms with Crippen molar-refractivity contribution in [1.82, 2.24) is 19.3 Å². The Kier molecular flexibility index (Phi) is 8.08. The smallest absolute Gasteiger partial charge is 0.262 e. The van der Waals surface area contributed by atoms with Crippen LogP contribution in [0.1, 0.15) is 5.82 Å². The van der Waals surface area contributed by atoms with Crippen molar-refractivity contribution in [2.75, 3.05) is 12.8 Å². The molecule has 0 fully saturated rings. The van der Waals surface area contributed by atoms with Gasteiger partial charge >= 0.3 is 0 Å². The Labute approximate surface area is 195 Å². The number of nitrogens with zero attached hydrogens (tertiary/aromatic N) is 3. The lowest BCUT2D eigenvalue weighted by Gasteiger charge is -2.25. The molecule has 12 heteroatoms. The molecule has 1 unspecified atom stereocenters. The minimum Gasteiger partial charge on any atom is -0.457 e. The lowest BCUT2D eigenvalue weighted by molar-refractivity contribution is -0.132. The van der Waals surface area contributed by atoms with E-state index in [1.807, 2.05) is 11.6 Å².